The molecule has 2 aromatic rings. The molecule has 0 unspecified atom stereocenters. The van der Waals surface area contributed by atoms with Crippen molar-refractivity contribution in [2.24, 2.45) is 5.92 Å². The molecule has 3 aliphatic rings. The van der Waals surface area contributed by atoms with E-state index in [0.717, 1.165) is 36.0 Å². The molecule has 1 aliphatic carbocycles. The molecule has 1 saturated heterocycles. The van der Waals surface area contributed by atoms with Crippen molar-refractivity contribution >= 4 is 32.7 Å². The number of fused-ring (bicyclic) bond motifs is 3. The van der Waals surface area contributed by atoms with E-state index in [-0.39, 0.29) is 29.9 Å². The topological polar surface area (TPSA) is 89.6 Å². The quantitative estimate of drug-likeness (QED) is 0.719. The van der Waals surface area contributed by atoms with E-state index in [1.807, 2.05) is 4.90 Å². The van der Waals surface area contributed by atoms with Crippen molar-refractivity contribution in [3.05, 3.63) is 24.0 Å². The van der Waals surface area contributed by atoms with Crippen molar-refractivity contribution in [3.8, 4) is 0 Å². The molecule has 12 heteroatoms. The highest BCUT2D eigenvalue weighted by molar-refractivity contribution is 7.89. The Bertz CT molecular complexity index is 1160. The molecule has 180 valence electrons. The predicted octanol–water partition coefficient (Wildman–Crippen LogP) is 2.94. The van der Waals surface area contributed by atoms with Crippen LogP contribution in [0.2, 0.25) is 0 Å². The monoisotopic (exact) mass is 485 g/mol. The number of amides is 1. The normalized spacial score (nSPS) is 26.2. The van der Waals surface area contributed by atoms with Crippen LogP contribution in [0.3, 0.4) is 0 Å². The average Bonchev–Trinajstić information content (AvgIpc) is 3.36. The maximum Gasteiger partial charge on any atom is 0.406 e. The van der Waals surface area contributed by atoms with E-state index in [0.29, 0.717) is 30.8 Å². The van der Waals surface area contributed by atoms with Crippen LogP contribution in [0.5, 0.6) is 0 Å². The molecule has 2 aliphatic heterocycles. The SMILES string of the molecule is O=C1c2cnc3[nH]ccc3c2N(C2CCC(CN3CCCS3(=O)=O)CC2)CN1CC(F)(F)F. The highest BCUT2D eigenvalue weighted by Gasteiger charge is 2.41. The third-order valence-corrected chi connectivity index (χ3v) is 8.90. The minimum absolute atomic E-state index is 0.0421. The molecule has 0 bridgehead atoms. The first-order chi connectivity index (χ1) is 15.6. The summed E-state index contributed by atoms with van der Waals surface area (Å²) in [4.78, 5) is 22.9. The zero-order valence-corrected chi connectivity index (χ0v) is 18.8. The summed E-state index contributed by atoms with van der Waals surface area (Å²) < 4.78 is 65.4. The van der Waals surface area contributed by atoms with Gasteiger partial charge in [-0.05, 0) is 44.1 Å². The Balaban J connectivity index is 1.38. The molecule has 2 fully saturated rings. The van der Waals surface area contributed by atoms with E-state index >= 15 is 0 Å². The van der Waals surface area contributed by atoms with Crippen molar-refractivity contribution in [2.45, 2.75) is 44.3 Å². The number of rotatable bonds is 4. The molecular formula is C21H26F3N5O3S. The van der Waals surface area contributed by atoms with Gasteiger partial charge in [0.25, 0.3) is 5.91 Å². The van der Waals surface area contributed by atoms with Gasteiger partial charge in [-0.25, -0.2) is 17.7 Å². The van der Waals surface area contributed by atoms with Crippen molar-refractivity contribution in [2.75, 3.05) is 37.0 Å². The molecule has 1 saturated carbocycles. The van der Waals surface area contributed by atoms with E-state index in [4.69, 9.17) is 0 Å². The summed E-state index contributed by atoms with van der Waals surface area (Å²) in [6.07, 6.45) is 2.25. The summed E-state index contributed by atoms with van der Waals surface area (Å²) in [6, 6.07) is 1.75. The number of carbonyl (C=O) groups excluding carboxylic acids is 1. The lowest BCUT2D eigenvalue weighted by molar-refractivity contribution is -0.141. The standard InChI is InChI=1S/C21H26F3N5O3S/c22-21(23,24)12-27-13-29(18-16-6-7-25-19(16)26-10-17(18)20(27)30)15-4-2-14(3-5-15)11-28-8-1-9-33(28,31)32/h6-7,10,14-15H,1-5,8-9,11-13H2,(H,25,26). The first-order valence-electron chi connectivity index (χ1n) is 11.2. The lowest BCUT2D eigenvalue weighted by atomic mass is 9.84. The molecule has 1 N–H and O–H groups in total. The van der Waals surface area contributed by atoms with Crippen LogP contribution in [0.15, 0.2) is 18.5 Å². The number of H-pyrrole nitrogens is 1. The van der Waals surface area contributed by atoms with Crippen LogP contribution in [0.4, 0.5) is 18.9 Å². The fraction of sp³-hybridized carbons (Fsp3) is 0.619. The van der Waals surface area contributed by atoms with Gasteiger partial charge in [-0.2, -0.15) is 13.2 Å². The number of anilines is 1. The number of aromatic nitrogens is 2. The van der Waals surface area contributed by atoms with Gasteiger partial charge in [0, 0.05) is 36.9 Å². The summed E-state index contributed by atoms with van der Waals surface area (Å²) in [6.45, 7) is -0.369. The van der Waals surface area contributed by atoms with Crippen LogP contribution < -0.4 is 4.90 Å². The molecule has 1 amide bonds. The van der Waals surface area contributed by atoms with Crippen molar-refractivity contribution < 1.29 is 26.4 Å². The van der Waals surface area contributed by atoms with Gasteiger partial charge >= 0.3 is 6.18 Å². The Kier molecular flexibility index (Phi) is 5.55. The first-order valence-corrected chi connectivity index (χ1v) is 12.8. The number of pyridine rings is 1. The smallest absolute Gasteiger partial charge is 0.349 e. The van der Waals surface area contributed by atoms with Crippen LogP contribution >= 0.6 is 0 Å². The number of nitrogens with zero attached hydrogens (tertiary/aromatic N) is 4. The number of alkyl halides is 3. The molecule has 0 aromatic carbocycles. The minimum atomic E-state index is -4.50. The first kappa shape index (κ1) is 22.5. The second-order valence-corrected chi connectivity index (χ2v) is 11.3. The van der Waals surface area contributed by atoms with E-state index in [2.05, 4.69) is 9.97 Å². The Hall–Kier alpha value is -2.34. The fourth-order valence-electron chi connectivity index (χ4n) is 5.41. The molecule has 2 aromatic heterocycles. The number of aromatic amines is 1. The minimum Gasteiger partial charge on any atom is -0.349 e. The molecule has 0 atom stereocenters. The maximum absolute atomic E-state index is 13.2. The van der Waals surface area contributed by atoms with Gasteiger partial charge in [0.15, 0.2) is 0 Å². The molecule has 33 heavy (non-hydrogen) atoms. The molecule has 0 radical (unpaired) electrons. The van der Waals surface area contributed by atoms with Crippen LogP contribution in [-0.4, -0.2) is 77.8 Å². The Labute approximate surface area is 189 Å². The number of halogens is 3. The number of hydrogen-bond acceptors (Lipinski definition) is 5. The summed E-state index contributed by atoms with van der Waals surface area (Å²) in [5, 5.41) is 0.720. The molecule has 8 nitrogen and oxygen atoms in total. The Morgan fingerprint density at radius 1 is 1.18 bits per heavy atom. The molecule has 5 rings (SSSR count). The number of sulfonamides is 1. The number of nitrogens with one attached hydrogen (secondary N) is 1. The van der Waals surface area contributed by atoms with Crippen molar-refractivity contribution in [1.82, 2.24) is 19.2 Å². The highest BCUT2D eigenvalue weighted by Crippen LogP contribution is 2.39. The van der Waals surface area contributed by atoms with Gasteiger partial charge in [-0.1, -0.05) is 0 Å². The van der Waals surface area contributed by atoms with Crippen molar-refractivity contribution in [1.29, 1.82) is 0 Å². The number of hydrogen-bond donors (Lipinski definition) is 1. The molecule has 4 heterocycles. The Morgan fingerprint density at radius 3 is 2.61 bits per heavy atom. The van der Waals surface area contributed by atoms with E-state index in [9.17, 15) is 26.4 Å². The summed E-state index contributed by atoms with van der Waals surface area (Å²) in [7, 11) is -3.15. The maximum atomic E-state index is 13.2. The van der Waals surface area contributed by atoms with Gasteiger partial charge in [-0.15, -0.1) is 0 Å². The number of carbonyl (C=O) groups is 1. The largest absolute Gasteiger partial charge is 0.406 e. The van der Waals surface area contributed by atoms with Gasteiger partial charge < -0.3 is 14.8 Å². The lowest BCUT2D eigenvalue weighted by Gasteiger charge is -2.45. The van der Waals surface area contributed by atoms with Gasteiger partial charge in [-0.3, -0.25) is 4.79 Å². The Morgan fingerprint density at radius 2 is 1.94 bits per heavy atom. The fourth-order valence-corrected chi connectivity index (χ4v) is 7.01. The van der Waals surface area contributed by atoms with E-state index in [1.165, 1.54) is 6.20 Å². The van der Waals surface area contributed by atoms with E-state index < -0.39 is 28.7 Å². The zero-order chi connectivity index (χ0) is 23.4. The zero-order valence-electron chi connectivity index (χ0n) is 18.0. The summed E-state index contributed by atoms with van der Waals surface area (Å²) in [5.74, 6) is -0.227. The van der Waals surface area contributed by atoms with Crippen LogP contribution in [-0.2, 0) is 10.0 Å². The van der Waals surface area contributed by atoms with Crippen LogP contribution in [0.25, 0.3) is 11.0 Å². The highest BCUT2D eigenvalue weighted by atomic mass is 32.2. The third-order valence-electron chi connectivity index (χ3n) is 6.98. The van der Waals surface area contributed by atoms with Gasteiger partial charge in [0.1, 0.15) is 12.2 Å². The second-order valence-electron chi connectivity index (χ2n) is 9.19. The van der Waals surface area contributed by atoms with Gasteiger partial charge in [0.2, 0.25) is 10.0 Å². The summed E-state index contributed by atoms with van der Waals surface area (Å²) in [5.41, 5.74) is 1.40. The van der Waals surface area contributed by atoms with Crippen LogP contribution in [0.1, 0.15) is 42.5 Å². The predicted molar refractivity (Wildman–Crippen MR) is 116 cm³/mol. The second kappa shape index (κ2) is 8.15. The van der Waals surface area contributed by atoms with Gasteiger partial charge in [0.05, 0.1) is 23.7 Å². The lowest BCUT2D eigenvalue weighted by Crippen LogP contribution is -2.54. The molecular weight excluding hydrogens is 459 g/mol. The van der Waals surface area contributed by atoms with E-state index in [1.54, 1.807) is 16.6 Å². The summed E-state index contributed by atoms with van der Waals surface area (Å²) >= 11 is 0. The molecule has 0 spiro atoms. The van der Waals surface area contributed by atoms with Crippen LogP contribution in [0, 0.1) is 5.92 Å². The van der Waals surface area contributed by atoms with Crippen molar-refractivity contribution in [3.63, 3.8) is 0 Å². The third kappa shape index (κ3) is 4.30. The average molecular weight is 486 g/mol.